The highest BCUT2D eigenvalue weighted by Gasteiger charge is 2.32. The summed E-state index contributed by atoms with van der Waals surface area (Å²) >= 11 is 0. The first-order valence-corrected chi connectivity index (χ1v) is 7.78. The zero-order valence-corrected chi connectivity index (χ0v) is 12.7. The van der Waals surface area contributed by atoms with Gasteiger partial charge in [0.15, 0.2) is 17.5 Å². The van der Waals surface area contributed by atoms with Crippen LogP contribution >= 0.6 is 0 Å². The molecule has 0 aromatic heterocycles. The number of aromatic carboxylic acids is 1. The molecular formula is C13H12F3NO6S. The average molecular weight is 367 g/mol. The maximum absolute atomic E-state index is 13.7. The Morgan fingerprint density at radius 3 is 2.25 bits per heavy atom. The zero-order valence-electron chi connectivity index (χ0n) is 11.9. The molecule has 3 N–H and O–H groups in total. The second-order valence-electron chi connectivity index (χ2n) is 4.55. The van der Waals surface area contributed by atoms with E-state index in [1.165, 1.54) is 6.08 Å². The van der Waals surface area contributed by atoms with Gasteiger partial charge >= 0.3 is 11.9 Å². The molecule has 1 aromatic rings. The molecule has 0 aliphatic rings. The molecule has 132 valence electrons. The molecule has 0 spiro atoms. The largest absolute Gasteiger partial charge is 0.480 e. The molecule has 0 aliphatic heterocycles. The van der Waals surface area contributed by atoms with Crippen LogP contribution in [-0.2, 0) is 14.8 Å². The normalized spacial score (nSPS) is 12.6. The molecule has 0 aliphatic carbocycles. The SMILES string of the molecule is C=CCCC(NS(=O)(=O)c1cc(C(=O)O)c(F)c(F)c1F)C(=O)O. The number of allylic oxidation sites excluding steroid dienone is 1. The molecule has 11 heteroatoms. The first-order chi connectivity index (χ1) is 11.0. The van der Waals surface area contributed by atoms with Crippen molar-refractivity contribution in [2.75, 3.05) is 0 Å². The number of hydrogen-bond acceptors (Lipinski definition) is 4. The van der Waals surface area contributed by atoms with Crippen LogP contribution in [0.15, 0.2) is 23.6 Å². The predicted octanol–water partition coefficient (Wildman–Crippen LogP) is 1.50. The van der Waals surface area contributed by atoms with Crippen LogP contribution in [0.25, 0.3) is 0 Å². The third-order valence-corrected chi connectivity index (χ3v) is 4.36. The highest BCUT2D eigenvalue weighted by Crippen LogP contribution is 2.24. The maximum Gasteiger partial charge on any atom is 0.338 e. The third kappa shape index (κ3) is 4.11. The van der Waals surface area contributed by atoms with Crippen molar-refractivity contribution in [3.8, 4) is 0 Å². The fourth-order valence-electron chi connectivity index (χ4n) is 1.70. The Balaban J connectivity index is 3.39. The van der Waals surface area contributed by atoms with Crippen molar-refractivity contribution in [2.24, 2.45) is 0 Å². The van der Waals surface area contributed by atoms with E-state index in [1.54, 1.807) is 4.72 Å². The van der Waals surface area contributed by atoms with Gasteiger partial charge in [-0.2, -0.15) is 4.72 Å². The third-order valence-electron chi connectivity index (χ3n) is 2.89. The topological polar surface area (TPSA) is 121 Å². The van der Waals surface area contributed by atoms with Gasteiger partial charge in [0.2, 0.25) is 10.0 Å². The minimum Gasteiger partial charge on any atom is -0.480 e. The second-order valence-corrected chi connectivity index (χ2v) is 6.23. The van der Waals surface area contributed by atoms with E-state index in [0.717, 1.165) is 0 Å². The van der Waals surface area contributed by atoms with Crippen LogP contribution in [-0.4, -0.2) is 36.6 Å². The Kier molecular flexibility index (Phi) is 6.10. The fourth-order valence-corrected chi connectivity index (χ4v) is 3.02. The molecule has 24 heavy (non-hydrogen) atoms. The minimum atomic E-state index is -4.97. The summed E-state index contributed by atoms with van der Waals surface area (Å²) in [4.78, 5) is 20.3. The lowest BCUT2D eigenvalue weighted by Gasteiger charge is -2.15. The van der Waals surface area contributed by atoms with Crippen molar-refractivity contribution in [1.29, 1.82) is 0 Å². The van der Waals surface area contributed by atoms with Crippen LogP contribution in [0.5, 0.6) is 0 Å². The lowest BCUT2D eigenvalue weighted by Crippen LogP contribution is -2.41. The minimum absolute atomic E-state index is 0.0742. The Morgan fingerprint density at radius 2 is 1.79 bits per heavy atom. The highest BCUT2D eigenvalue weighted by atomic mass is 32.2. The summed E-state index contributed by atoms with van der Waals surface area (Å²) in [5.74, 6) is -10.1. The van der Waals surface area contributed by atoms with Crippen molar-refractivity contribution < 1.29 is 41.4 Å². The summed E-state index contributed by atoms with van der Waals surface area (Å²) in [5.41, 5.74) is -1.41. The molecule has 0 fully saturated rings. The summed E-state index contributed by atoms with van der Waals surface area (Å²) in [6.45, 7) is 3.33. The number of carbonyl (C=O) groups is 2. The quantitative estimate of drug-likeness (QED) is 0.473. The van der Waals surface area contributed by atoms with Crippen LogP contribution < -0.4 is 4.72 Å². The molecule has 0 bridgehead atoms. The van der Waals surface area contributed by atoms with Crippen LogP contribution in [0, 0.1) is 17.5 Å². The Bertz CT molecular complexity index is 793. The van der Waals surface area contributed by atoms with E-state index in [4.69, 9.17) is 10.2 Å². The number of hydrogen-bond donors (Lipinski definition) is 3. The van der Waals surface area contributed by atoms with Crippen molar-refractivity contribution in [1.82, 2.24) is 4.72 Å². The maximum atomic E-state index is 13.7. The molecule has 0 saturated carbocycles. The predicted molar refractivity (Wildman–Crippen MR) is 74.5 cm³/mol. The molecule has 0 heterocycles. The first-order valence-electron chi connectivity index (χ1n) is 6.29. The second kappa shape index (κ2) is 7.45. The van der Waals surface area contributed by atoms with Crippen LogP contribution in [0.2, 0.25) is 0 Å². The van der Waals surface area contributed by atoms with Gasteiger partial charge in [0.05, 0.1) is 5.56 Å². The van der Waals surface area contributed by atoms with E-state index in [-0.39, 0.29) is 18.9 Å². The summed E-state index contributed by atoms with van der Waals surface area (Å²) < 4.78 is 66.1. The molecule has 0 saturated heterocycles. The number of aliphatic carboxylic acids is 1. The Labute approximate surface area is 134 Å². The average Bonchev–Trinajstić information content (AvgIpc) is 2.48. The zero-order chi connectivity index (χ0) is 18.7. The molecular weight excluding hydrogens is 355 g/mol. The molecule has 1 unspecified atom stereocenters. The summed E-state index contributed by atoms with van der Waals surface area (Å²) in [6.07, 6.45) is 1.17. The molecule has 1 rings (SSSR count). The summed E-state index contributed by atoms with van der Waals surface area (Å²) in [6, 6.07) is -1.63. The van der Waals surface area contributed by atoms with Crippen LogP contribution in [0.3, 0.4) is 0 Å². The standard InChI is InChI=1S/C13H12F3NO6S/c1-2-3-4-7(13(20)21)17-24(22,23)8-5-6(12(18)19)9(14)11(16)10(8)15/h2,5,7,17H,1,3-4H2,(H,18,19)(H,20,21). The number of sulfonamides is 1. The number of carboxylic acid groups (broad SMARTS) is 2. The van der Waals surface area contributed by atoms with Gasteiger partial charge in [0.25, 0.3) is 0 Å². The summed E-state index contributed by atoms with van der Waals surface area (Å²) in [7, 11) is -4.97. The molecule has 1 atom stereocenters. The number of nitrogens with one attached hydrogen (secondary N) is 1. The van der Waals surface area contributed by atoms with Crippen LogP contribution in [0.1, 0.15) is 23.2 Å². The van der Waals surface area contributed by atoms with Crippen LogP contribution in [0.4, 0.5) is 13.2 Å². The van der Waals surface area contributed by atoms with Gasteiger partial charge in [-0.3, -0.25) is 4.79 Å². The van der Waals surface area contributed by atoms with Crippen molar-refractivity contribution >= 4 is 22.0 Å². The number of halogens is 3. The van der Waals surface area contributed by atoms with E-state index in [9.17, 15) is 31.2 Å². The monoisotopic (exact) mass is 367 g/mol. The van der Waals surface area contributed by atoms with E-state index in [0.29, 0.717) is 0 Å². The fraction of sp³-hybridized carbons (Fsp3) is 0.231. The molecule has 1 aromatic carbocycles. The van der Waals surface area contributed by atoms with E-state index in [1.807, 2.05) is 0 Å². The molecule has 0 amide bonds. The van der Waals surface area contributed by atoms with Gasteiger partial charge < -0.3 is 10.2 Å². The Hall–Kier alpha value is -2.40. The van der Waals surface area contributed by atoms with Crippen molar-refractivity contribution in [3.63, 3.8) is 0 Å². The van der Waals surface area contributed by atoms with Gasteiger partial charge in [0, 0.05) is 0 Å². The van der Waals surface area contributed by atoms with Gasteiger partial charge in [0.1, 0.15) is 10.9 Å². The molecule has 7 nitrogen and oxygen atoms in total. The lowest BCUT2D eigenvalue weighted by molar-refractivity contribution is -0.139. The smallest absolute Gasteiger partial charge is 0.338 e. The number of rotatable bonds is 8. The van der Waals surface area contributed by atoms with E-state index >= 15 is 0 Å². The molecule has 0 radical (unpaired) electrons. The van der Waals surface area contributed by atoms with E-state index in [2.05, 4.69) is 6.58 Å². The van der Waals surface area contributed by atoms with Gasteiger partial charge in [-0.05, 0) is 18.9 Å². The number of carboxylic acids is 2. The number of benzene rings is 1. The van der Waals surface area contributed by atoms with Gasteiger partial charge in [-0.1, -0.05) is 6.08 Å². The summed E-state index contributed by atoms with van der Waals surface area (Å²) in [5, 5.41) is 17.6. The Morgan fingerprint density at radius 1 is 1.21 bits per heavy atom. The van der Waals surface area contributed by atoms with E-state index < -0.39 is 55.9 Å². The van der Waals surface area contributed by atoms with Crippen molar-refractivity contribution in [2.45, 2.75) is 23.8 Å². The van der Waals surface area contributed by atoms with Gasteiger partial charge in [-0.25, -0.2) is 26.4 Å². The van der Waals surface area contributed by atoms with Gasteiger partial charge in [-0.15, -0.1) is 6.58 Å². The van der Waals surface area contributed by atoms with Crippen molar-refractivity contribution in [3.05, 3.63) is 41.7 Å². The first kappa shape index (κ1) is 19.6. The lowest BCUT2D eigenvalue weighted by atomic mass is 10.2. The highest BCUT2D eigenvalue weighted by molar-refractivity contribution is 7.89.